The summed E-state index contributed by atoms with van der Waals surface area (Å²) in [5, 5.41) is 15.2. The van der Waals surface area contributed by atoms with E-state index in [2.05, 4.69) is 31.8 Å². The number of benzene rings is 2. The van der Waals surface area contributed by atoms with Crippen LogP contribution in [0.25, 0.3) is 0 Å². The van der Waals surface area contributed by atoms with E-state index in [0.29, 0.717) is 11.3 Å². The van der Waals surface area contributed by atoms with Crippen molar-refractivity contribution in [1.82, 2.24) is 5.43 Å². The average molecular weight is 427 g/mol. The minimum atomic E-state index is -1.10. The fraction of sp³-hybridized carbons (Fsp3) is 0.0625. The molecule has 0 spiro atoms. The number of rotatable bonds is 6. The van der Waals surface area contributed by atoms with Gasteiger partial charge in [0, 0.05) is 10.2 Å². The van der Waals surface area contributed by atoms with Gasteiger partial charge in [0.2, 0.25) is 0 Å². The van der Waals surface area contributed by atoms with Crippen LogP contribution in [0.15, 0.2) is 52.0 Å². The lowest BCUT2D eigenvalue weighted by Crippen LogP contribution is -2.24. The molecule has 0 aromatic heterocycles. The maximum absolute atomic E-state index is 11.7. The predicted octanol–water partition coefficient (Wildman–Crippen LogP) is 3.72. The van der Waals surface area contributed by atoms with Gasteiger partial charge in [-0.3, -0.25) is 0 Å². The summed E-state index contributed by atoms with van der Waals surface area (Å²) in [5.74, 6) is -0.844. The van der Waals surface area contributed by atoms with Crippen LogP contribution in [0, 0.1) is 0 Å². The SMILES string of the molecule is O=C(O)COc1ccc(/C=N/NC(=O)Nc2cccc(Br)c2)cc1Cl. The van der Waals surface area contributed by atoms with E-state index in [1.165, 1.54) is 18.3 Å². The van der Waals surface area contributed by atoms with Crippen LogP contribution in [0.1, 0.15) is 5.56 Å². The van der Waals surface area contributed by atoms with Crippen LogP contribution in [0.5, 0.6) is 5.75 Å². The molecule has 2 amide bonds. The molecule has 25 heavy (non-hydrogen) atoms. The summed E-state index contributed by atoms with van der Waals surface area (Å²) in [6.07, 6.45) is 1.40. The lowest BCUT2D eigenvalue weighted by molar-refractivity contribution is -0.139. The second-order valence-corrected chi connectivity index (χ2v) is 6.03. The number of aliphatic carboxylic acids is 1. The van der Waals surface area contributed by atoms with Gasteiger partial charge >= 0.3 is 12.0 Å². The van der Waals surface area contributed by atoms with Crippen molar-refractivity contribution in [2.24, 2.45) is 5.10 Å². The third kappa shape index (κ3) is 6.44. The molecule has 0 saturated heterocycles. The van der Waals surface area contributed by atoms with Crippen molar-refractivity contribution in [3.8, 4) is 5.75 Å². The van der Waals surface area contributed by atoms with Crippen molar-refractivity contribution >= 4 is 51.4 Å². The number of carboxylic acid groups (broad SMARTS) is 1. The van der Waals surface area contributed by atoms with Crippen molar-refractivity contribution in [3.63, 3.8) is 0 Å². The lowest BCUT2D eigenvalue weighted by atomic mass is 10.2. The van der Waals surface area contributed by atoms with E-state index in [-0.39, 0.29) is 10.8 Å². The Morgan fingerprint density at radius 3 is 2.76 bits per heavy atom. The van der Waals surface area contributed by atoms with Gasteiger partial charge in [-0.25, -0.2) is 15.0 Å². The highest BCUT2D eigenvalue weighted by molar-refractivity contribution is 9.10. The van der Waals surface area contributed by atoms with Crippen molar-refractivity contribution in [1.29, 1.82) is 0 Å². The second-order valence-electron chi connectivity index (χ2n) is 4.71. The van der Waals surface area contributed by atoms with Crippen LogP contribution < -0.4 is 15.5 Å². The molecule has 7 nitrogen and oxygen atoms in total. The fourth-order valence-electron chi connectivity index (χ4n) is 1.74. The smallest absolute Gasteiger partial charge is 0.341 e. The van der Waals surface area contributed by atoms with Gasteiger partial charge in [-0.15, -0.1) is 0 Å². The van der Waals surface area contributed by atoms with Gasteiger partial charge < -0.3 is 15.2 Å². The number of ether oxygens (including phenoxy) is 1. The van der Waals surface area contributed by atoms with Crippen molar-refractivity contribution in [2.75, 3.05) is 11.9 Å². The molecular weight excluding hydrogens is 414 g/mol. The average Bonchev–Trinajstić information content (AvgIpc) is 2.54. The van der Waals surface area contributed by atoms with Gasteiger partial charge in [0.1, 0.15) is 5.75 Å². The quantitative estimate of drug-likeness (QED) is 0.484. The van der Waals surface area contributed by atoms with Crippen molar-refractivity contribution in [2.45, 2.75) is 0 Å². The maximum atomic E-state index is 11.7. The van der Waals surface area contributed by atoms with Gasteiger partial charge in [0.25, 0.3) is 0 Å². The van der Waals surface area contributed by atoms with E-state index in [4.69, 9.17) is 21.4 Å². The molecule has 0 fully saturated rings. The third-order valence-electron chi connectivity index (χ3n) is 2.77. The number of hydrogen-bond acceptors (Lipinski definition) is 4. The zero-order valence-electron chi connectivity index (χ0n) is 12.7. The van der Waals surface area contributed by atoms with Gasteiger partial charge in [0.05, 0.1) is 11.2 Å². The summed E-state index contributed by atoms with van der Waals surface area (Å²) >= 11 is 9.30. The molecule has 3 N–H and O–H groups in total. The molecule has 0 aliphatic carbocycles. The molecule has 0 radical (unpaired) electrons. The van der Waals surface area contributed by atoms with Gasteiger partial charge in [-0.1, -0.05) is 33.6 Å². The minimum Gasteiger partial charge on any atom is -0.480 e. The first-order chi connectivity index (χ1) is 11.9. The molecule has 2 aromatic rings. The van der Waals surface area contributed by atoms with Crippen LogP contribution in [0.4, 0.5) is 10.5 Å². The highest BCUT2D eigenvalue weighted by Crippen LogP contribution is 2.24. The Bertz CT molecular complexity index is 814. The van der Waals surface area contributed by atoms with Crippen molar-refractivity contribution < 1.29 is 19.4 Å². The Morgan fingerprint density at radius 1 is 1.28 bits per heavy atom. The van der Waals surface area contributed by atoms with Gasteiger partial charge in [-0.05, 0) is 42.0 Å². The Kier molecular flexibility index (Phi) is 6.79. The normalized spacial score (nSPS) is 10.5. The number of carbonyl (C=O) groups excluding carboxylic acids is 1. The number of carbonyl (C=O) groups is 2. The first-order valence-corrected chi connectivity index (χ1v) is 8.11. The van der Waals surface area contributed by atoms with Crippen LogP contribution in [-0.2, 0) is 4.79 Å². The Morgan fingerprint density at radius 2 is 2.08 bits per heavy atom. The van der Waals surface area contributed by atoms with E-state index in [1.807, 2.05) is 6.07 Å². The van der Waals surface area contributed by atoms with Crippen LogP contribution in [0.2, 0.25) is 5.02 Å². The lowest BCUT2D eigenvalue weighted by Gasteiger charge is -2.06. The van der Waals surface area contributed by atoms with E-state index < -0.39 is 18.6 Å². The number of nitrogens with zero attached hydrogens (tertiary/aromatic N) is 1. The summed E-state index contributed by atoms with van der Waals surface area (Å²) in [6.45, 7) is -0.482. The summed E-state index contributed by atoms with van der Waals surface area (Å²) in [5.41, 5.74) is 3.55. The number of anilines is 1. The minimum absolute atomic E-state index is 0.240. The van der Waals surface area contributed by atoms with Gasteiger partial charge in [-0.2, -0.15) is 5.10 Å². The molecule has 0 aliphatic heterocycles. The summed E-state index contributed by atoms with van der Waals surface area (Å²) in [4.78, 5) is 22.2. The number of hydrogen-bond donors (Lipinski definition) is 3. The zero-order valence-corrected chi connectivity index (χ0v) is 15.0. The monoisotopic (exact) mass is 425 g/mol. The predicted molar refractivity (Wildman–Crippen MR) is 98.5 cm³/mol. The highest BCUT2D eigenvalue weighted by Gasteiger charge is 2.05. The standard InChI is InChI=1S/C16H13BrClN3O4/c17-11-2-1-3-12(7-11)20-16(24)21-19-8-10-4-5-14(13(18)6-10)25-9-15(22)23/h1-8H,9H2,(H,22,23)(H2,20,21,24)/b19-8+. The number of amides is 2. The Hall–Kier alpha value is -2.58. The molecule has 2 aromatic carbocycles. The first-order valence-electron chi connectivity index (χ1n) is 6.94. The van der Waals surface area contributed by atoms with Crippen LogP contribution in [0.3, 0.4) is 0 Å². The molecule has 0 bridgehead atoms. The molecule has 0 atom stereocenters. The topological polar surface area (TPSA) is 100 Å². The van der Waals surface area contributed by atoms with Crippen LogP contribution >= 0.6 is 27.5 Å². The molecule has 0 unspecified atom stereocenters. The zero-order chi connectivity index (χ0) is 18.2. The molecular formula is C16H13BrClN3O4. The van der Waals surface area contributed by atoms with Crippen LogP contribution in [-0.4, -0.2) is 29.9 Å². The number of urea groups is 1. The molecule has 0 heterocycles. The maximum Gasteiger partial charge on any atom is 0.341 e. The Balaban J connectivity index is 1.89. The molecule has 130 valence electrons. The number of nitrogens with one attached hydrogen (secondary N) is 2. The summed E-state index contributed by atoms with van der Waals surface area (Å²) in [7, 11) is 0. The number of halogens is 2. The number of carboxylic acids is 1. The first kappa shape index (κ1) is 18.8. The summed E-state index contributed by atoms with van der Waals surface area (Å²) < 4.78 is 5.85. The van der Waals surface area contributed by atoms with E-state index in [9.17, 15) is 9.59 Å². The highest BCUT2D eigenvalue weighted by atomic mass is 79.9. The van der Waals surface area contributed by atoms with Crippen molar-refractivity contribution in [3.05, 3.63) is 57.5 Å². The van der Waals surface area contributed by atoms with E-state index in [0.717, 1.165) is 4.47 Å². The Labute approximate surface area is 156 Å². The largest absolute Gasteiger partial charge is 0.480 e. The molecule has 0 aliphatic rings. The summed E-state index contributed by atoms with van der Waals surface area (Å²) in [6, 6.07) is 11.3. The van der Waals surface area contributed by atoms with E-state index in [1.54, 1.807) is 24.3 Å². The van der Waals surface area contributed by atoms with E-state index >= 15 is 0 Å². The molecule has 9 heteroatoms. The van der Waals surface area contributed by atoms with Gasteiger partial charge in [0.15, 0.2) is 6.61 Å². The molecule has 2 rings (SSSR count). The second kappa shape index (κ2) is 9.05. The third-order valence-corrected chi connectivity index (χ3v) is 3.56. The fourth-order valence-corrected chi connectivity index (χ4v) is 2.39. The number of hydrazone groups is 1. The molecule has 0 saturated carbocycles.